The molecule has 0 unspecified atom stereocenters. The van der Waals surface area contributed by atoms with E-state index >= 15 is 0 Å². The molecule has 0 saturated heterocycles. The van der Waals surface area contributed by atoms with Crippen LogP contribution < -0.4 is 14.8 Å². The molecule has 0 fully saturated rings. The number of carbonyl (C=O) groups excluding carboxylic acids is 1. The second-order valence-corrected chi connectivity index (χ2v) is 10.8. The van der Waals surface area contributed by atoms with Gasteiger partial charge in [-0.05, 0) is 42.3 Å². The lowest BCUT2D eigenvalue weighted by Gasteiger charge is -2.17. The highest BCUT2D eigenvalue weighted by Gasteiger charge is 2.23. The predicted octanol–water partition coefficient (Wildman–Crippen LogP) is 6.35. The number of ether oxygens (including phenoxy) is 2. The summed E-state index contributed by atoms with van der Waals surface area (Å²) in [5.74, 6) is -0.283. The molecule has 0 aliphatic carbocycles. The van der Waals surface area contributed by atoms with Crippen LogP contribution in [0.25, 0.3) is 11.1 Å². The van der Waals surface area contributed by atoms with Crippen molar-refractivity contribution in [3.05, 3.63) is 89.2 Å². The number of hydrogen-bond acceptors (Lipinski definition) is 8. The number of pyridine rings is 2. The molecular formula is C28H23F2N5O4S. The van der Waals surface area contributed by atoms with Crippen molar-refractivity contribution in [2.24, 2.45) is 0 Å². The van der Waals surface area contributed by atoms with Crippen LogP contribution in [0.15, 0.2) is 72.0 Å². The molecule has 204 valence electrons. The number of nitriles is 1. The minimum atomic E-state index is -3.14. The molecule has 9 nitrogen and oxygen atoms in total. The maximum Gasteiger partial charge on any atom is 0.263 e. The van der Waals surface area contributed by atoms with Gasteiger partial charge in [-0.2, -0.15) is 5.26 Å². The number of alkyl halides is 2. The third-order valence-corrected chi connectivity index (χ3v) is 6.92. The van der Waals surface area contributed by atoms with Crippen LogP contribution in [0.4, 0.5) is 14.5 Å². The van der Waals surface area contributed by atoms with E-state index in [0.717, 1.165) is 0 Å². The van der Waals surface area contributed by atoms with E-state index in [4.69, 9.17) is 14.3 Å². The lowest BCUT2D eigenvalue weighted by atomic mass is 9.97. The number of nitrogens with zero attached hydrogens (tertiary/aromatic N) is 3. The molecule has 2 aromatic carbocycles. The molecular weight excluding hydrogens is 540 g/mol. The Balaban J connectivity index is 1.81. The van der Waals surface area contributed by atoms with Gasteiger partial charge in [-0.3, -0.25) is 4.79 Å². The number of aromatic nitrogens is 2. The Kier molecular flexibility index (Phi) is 8.06. The first-order valence-electron chi connectivity index (χ1n) is 11.7. The Morgan fingerprint density at radius 1 is 1.10 bits per heavy atom. The highest BCUT2D eigenvalue weighted by Crippen LogP contribution is 2.37. The van der Waals surface area contributed by atoms with Gasteiger partial charge in [0.2, 0.25) is 5.88 Å². The van der Waals surface area contributed by atoms with Crippen LogP contribution in [-0.2, 0) is 9.73 Å². The standard InChI is InChI=1S/C28H23F2N5O4S/c1-16-21(18-5-7-19(8-6-18)26(29)30)15-34-28(39-22-9-4-17(14-31)12-23(22)38-2)25(16)27(36)35-20-10-11-33-24(13-20)40(3,32)37/h4-13,15,26,32H,1-3H3,(H,33,35,36)/t40-/m0/s1. The SMILES string of the molecule is COc1cc(C#N)ccc1Oc1ncc(-c2ccc(C(F)F)cc2)c(C)c1C(=O)Nc1ccnc([S@@](C)(=N)=O)c1. The number of rotatable bonds is 8. The largest absolute Gasteiger partial charge is 0.493 e. The van der Waals surface area contributed by atoms with Gasteiger partial charge in [-0.25, -0.2) is 27.7 Å². The van der Waals surface area contributed by atoms with Gasteiger partial charge in [-0.15, -0.1) is 0 Å². The van der Waals surface area contributed by atoms with Gasteiger partial charge in [0.05, 0.1) is 28.5 Å². The molecule has 12 heteroatoms. The zero-order chi connectivity index (χ0) is 29.0. The molecule has 0 saturated carbocycles. The zero-order valence-corrected chi connectivity index (χ0v) is 22.4. The number of nitrogens with one attached hydrogen (secondary N) is 2. The molecule has 2 N–H and O–H groups in total. The van der Waals surface area contributed by atoms with E-state index in [-0.39, 0.29) is 39.2 Å². The van der Waals surface area contributed by atoms with Crippen molar-refractivity contribution in [2.75, 3.05) is 18.7 Å². The Morgan fingerprint density at radius 2 is 1.82 bits per heavy atom. The topological polar surface area (TPSA) is 138 Å². The smallest absolute Gasteiger partial charge is 0.263 e. The second-order valence-electron chi connectivity index (χ2n) is 8.66. The molecule has 0 aliphatic rings. The van der Waals surface area contributed by atoms with Crippen LogP contribution in [-0.4, -0.2) is 33.4 Å². The molecule has 0 aliphatic heterocycles. The van der Waals surface area contributed by atoms with Crippen molar-refractivity contribution >= 4 is 21.3 Å². The summed E-state index contributed by atoms with van der Waals surface area (Å²) in [5, 5.41) is 11.9. The average molecular weight is 564 g/mol. The number of anilines is 1. The molecule has 2 aromatic heterocycles. The normalized spacial score (nSPS) is 12.3. The van der Waals surface area contributed by atoms with Crippen molar-refractivity contribution in [3.63, 3.8) is 0 Å². The predicted molar refractivity (Wildman–Crippen MR) is 144 cm³/mol. The summed E-state index contributed by atoms with van der Waals surface area (Å²) < 4.78 is 57.5. The third-order valence-electron chi connectivity index (χ3n) is 5.90. The first-order valence-corrected chi connectivity index (χ1v) is 13.6. The molecule has 0 radical (unpaired) electrons. The van der Waals surface area contributed by atoms with Gasteiger partial charge >= 0.3 is 0 Å². The van der Waals surface area contributed by atoms with Crippen molar-refractivity contribution in [3.8, 4) is 34.6 Å². The van der Waals surface area contributed by atoms with E-state index in [2.05, 4.69) is 15.3 Å². The summed E-state index contributed by atoms with van der Waals surface area (Å²) in [6.07, 6.45) is 1.38. The van der Waals surface area contributed by atoms with Crippen molar-refractivity contribution in [1.82, 2.24) is 9.97 Å². The summed E-state index contributed by atoms with van der Waals surface area (Å²) >= 11 is 0. The van der Waals surface area contributed by atoms with Crippen LogP contribution in [0.3, 0.4) is 0 Å². The highest BCUT2D eigenvalue weighted by molar-refractivity contribution is 7.91. The fourth-order valence-electron chi connectivity index (χ4n) is 3.84. The average Bonchev–Trinajstić information content (AvgIpc) is 2.93. The quantitative estimate of drug-likeness (QED) is 0.255. The van der Waals surface area contributed by atoms with Gasteiger partial charge in [0.1, 0.15) is 10.6 Å². The van der Waals surface area contributed by atoms with Crippen LogP contribution in [0, 0.1) is 23.0 Å². The van der Waals surface area contributed by atoms with Crippen LogP contribution in [0.5, 0.6) is 17.4 Å². The van der Waals surface area contributed by atoms with Gasteiger partial charge < -0.3 is 14.8 Å². The molecule has 0 bridgehead atoms. The number of carbonyl (C=O) groups is 1. The maximum atomic E-state index is 13.6. The number of hydrogen-bond donors (Lipinski definition) is 2. The Bertz CT molecular complexity index is 1740. The van der Waals surface area contributed by atoms with Gasteiger partial charge in [0, 0.05) is 41.5 Å². The monoisotopic (exact) mass is 563 g/mol. The van der Waals surface area contributed by atoms with Gasteiger partial charge in [-0.1, -0.05) is 24.3 Å². The Labute approximate surface area is 229 Å². The van der Waals surface area contributed by atoms with E-state index in [1.807, 2.05) is 6.07 Å². The minimum Gasteiger partial charge on any atom is -0.493 e. The van der Waals surface area contributed by atoms with E-state index in [1.165, 1.54) is 80.4 Å². The van der Waals surface area contributed by atoms with Crippen molar-refractivity contribution in [1.29, 1.82) is 10.0 Å². The summed E-state index contributed by atoms with van der Waals surface area (Å²) in [5.41, 5.74) is 1.96. The first kappa shape index (κ1) is 28.1. The lowest BCUT2D eigenvalue weighted by molar-refractivity contribution is 0.102. The van der Waals surface area contributed by atoms with E-state index in [9.17, 15) is 23.0 Å². The zero-order valence-electron chi connectivity index (χ0n) is 21.6. The molecule has 1 amide bonds. The van der Waals surface area contributed by atoms with E-state index < -0.39 is 22.1 Å². The highest BCUT2D eigenvalue weighted by atomic mass is 32.2. The molecule has 40 heavy (non-hydrogen) atoms. The van der Waals surface area contributed by atoms with Crippen LogP contribution in [0.2, 0.25) is 0 Å². The summed E-state index contributed by atoms with van der Waals surface area (Å²) in [7, 11) is -1.73. The summed E-state index contributed by atoms with van der Waals surface area (Å²) in [4.78, 5) is 22.0. The Morgan fingerprint density at radius 3 is 2.45 bits per heavy atom. The lowest BCUT2D eigenvalue weighted by Crippen LogP contribution is -2.16. The number of halogens is 2. The number of amides is 1. The molecule has 2 heterocycles. The minimum absolute atomic E-state index is 0.00758. The van der Waals surface area contributed by atoms with Gasteiger partial charge in [0.15, 0.2) is 11.5 Å². The molecule has 0 spiro atoms. The van der Waals surface area contributed by atoms with E-state index in [1.54, 1.807) is 6.92 Å². The first-order chi connectivity index (χ1) is 19.0. The maximum absolute atomic E-state index is 13.6. The van der Waals surface area contributed by atoms with Crippen LogP contribution in [0.1, 0.15) is 33.5 Å². The number of methoxy groups -OCH3 is 1. The number of benzene rings is 2. The van der Waals surface area contributed by atoms with Crippen LogP contribution >= 0.6 is 0 Å². The Hall–Kier alpha value is -4.89. The van der Waals surface area contributed by atoms with Crippen molar-refractivity contribution in [2.45, 2.75) is 18.4 Å². The molecule has 1 atom stereocenters. The third kappa shape index (κ3) is 6.05. The molecule has 4 rings (SSSR count). The van der Waals surface area contributed by atoms with Gasteiger partial charge in [0.25, 0.3) is 12.3 Å². The van der Waals surface area contributed by atoms with Crippen molar-refractivity contribution < 1.29 is 27.3 Å². The fourth-order valence-corrected chi connectivity index (χ4v) is 4.46. The fraction of sp³-hybridized carbons (Fsp3) is 0.143. The summed E-state index contributed by atoms with van der Waals surface area (Å²) in [6.45, 7) is 1.66. The van der Waals surface area contributed by atoms with E-state index in [0.29, 0.717) is 22.3 Å². The second kappa shape index (κ2) is 11.5. The summed E-state index contributed by atoms with van der Waals surface area (Å²) in [6, 6.07) is 15.0. The molecule has 4 aromatic rings.